The van der Waals surface area contributed by atoms with E-state index in [1.807, 2.05) is 0 Å². The summed E-state index contributed by atoms with van der Waals surface area (Å²) in [7, 11) is 0. The van der Waals surface area contributed by atoms with E-state index in [-0.39, 0.29) is 21.7 Å². The van der Waals surface area contributed by atoms with E-state index in [1.54, 1.807) is 0 Å². The van der Waals surface area contributed by atoms with Crippen LogP contribution in [0.5, 0.6) is 0 Å². The van der Waals surface area contributed by atoms with Gasteiger partial charge in [0, 0.05) is 0 Å². The van der Waals surface area contributed by atoms with Crippen molar-refractivity contribution in [1.29, 1.82) is 0 Å². The minimum absolute atomic E-state index is 0.0610. The molecule has 0 nitrogen and oxygen atoms in total. The van der Waals surface area contributed by atoms with Crippen LogP contribution in [0.3, 0.4) is 0 Å². The highest BCUT2D eigenvalue weighted by atomic mass is 14.3. The molecule has 0 amide bonds. The van der Waals surface area contributed by atoms with E-state index in [4.69, 9.17) is 0 Å². The van der Waals surface area contributed by atoms with Gasteiger partial charge in [-0.2, -0.15) is 0 Å². The van der Waals surface area contributed by atoms with Crippen molar-refractivity contribution in [3.63, 3.8) is 0 Å². The average Bonchev–Trinajstić information content (AvgIpc) is 3.32. The lowest BCUT2D eigenvalue weighted by molar-refractivity contribution is 0.586. The summed E-state index contributed by atoms with van der Waals surface area (Å²) in [5, 5.41) is 10.6. The lowest BCUT2D eigenvalue weighted by Gasteiger charge is -2.30. The zero-order valence-electron chi connectivity index (χ0n) is 42.6. The van der Waals surface area contributed by atoms with E-state index in [0.29, 0.717) is 0 Å². The van der Waals surface area contributed by atoms with Crippen molar-refractivity contribution < 1.29 is 0 Å². The van der Waals surface area contributed by atoms with E-state index in [1.165, 1.54) is 98.7 Å². The van der Waals surface area contributed by atoms with Crippen molar-refractivity contribution in [3.05, 3.63) is 229 Å². The molecule has 0 fully saturated rings. The van der Waals surface area contributed by atoms with E-state index >= 15 is 0 Å². The fourth-order valence-electron chi connectivity index (χ4n) is 9.98. The van der Waals surface area contributed by atoms with Crippen LogP contribution in [0.25, 0.3) is 76.5 Å². The third-order valence-corrected chi connectivity index (χ3v) is 13.3. The normalized spacial score (nSPS) is 12.1. The van der Waals surface area contributed by atoms with Crippen LogP contribution >= 0.6 is 0 Å². The first kappa shape index (κ1) is 47.7. The topological polar surface area (TPSA) is 0 Å². The molecule has 10 aromatic rings. The maximum Gasteiger partial charge on any atom is -0.00587 e. The predicted molar refractivity (Wildman–Crippen MR) is 300 cm³/mol. The predicted octanol–water partition coefficient (Wildman–Crippen LogP) is 19.9. The SMILES string of the molecule is CC(C)(C)c1ccc2ccccc2c1-c1c(C(C)(C)C)ccc2ccccc12.CC(C)(C)c1ccc2ccccc2c1-c1ccccc1.CC(C)(C)c1ccccc1-c1cccc2ccccc12. The minimum atomic E-state index is 0.0610. The van der Waals surface area contributed by atoms with E-state index in [0.717, 1.165) is 0 Å². The molecule has 0 aliphatic carbocycles. The molecule has 0 heterocycles. The van der Waals surface area contributed by atoms with Gasteiger partial charge in [0.1, 0.15) is 0 Å². The summed E-state index contributed by atoms with van der Waals surface area (Å²) in [6.45, 7) is 27.6. The number of hydrogen-bond acceptors (Lipinski definition) is 0. The molecule has 0 saturated carbocycles. The molecular weight excluding hydrogens is 817 g/mol. The molecule has 68 heavy (non-hydrogen) atoms. The van der Waals surface area contributed by atoms with Crippen LogP contribution in [-0.4, -0.2) is 0 Å². The first-order valence-electron chi connectivity index (χ1n) is 24.5. The molecule has 0 N–H and O–H groups in total. The summed E-state index contributed by atoms with van der Waals surface area (Å²) in [4.78, 5) is 0. The van der Waals surface area contributed by atoms with E-state index in [2.05, 4.69) is 289 Å². The highest BCUT2D eigenvalue weighted by Crippen LogP contribution is 2.46. The Labute approximate surface area is 407 Å². The lowest BCUT2D eigenvalue weighted by atomic mass is 9.74. The van der Waals surface area contributed by atoms with Gasteiger partial charge in [-0.05, 0) is 120 Å². The molecule has 0 saturated heterocycles. The van der Waals surface area contributed by atoms with Crippen molar-refractivity contribution in [1.82, 2.24) is 0 Å². The molecule has 0 spiro atoms. The number of benzene rings is 10. The van der Waals surface area contributed by atoms with Gasteiger partial charge < -0.3 is 0 Å². The van der Waals surface area contributed by atoms with Crippen LogP contribution in [0.1, 0.15) is 105 Å². The van der Waals surface area contributed by atoms with Crippen molar-refractivity contribution in [3.8, 4) is 33.4 Å². The zero-order valence-corrected chi connectivity index (χ0v) is 42.6. The Balaban J connectivity index is 0.000000141. The molecule has 0 aliphatic rings. The van der Waals surface area contributed by atoms with Gasteiger partial charge in [-0.25, -0.2) is 0 Å². The largest absolute Gasteiger partial charge is 0.0622 e. The monoisotopic (exact) mass is 887 g/mol. The van der Waals surface area contributed by atoms with Gasteiger partial charge in [0.25, 0.3) is 0 Å². The second-order valence-electron chi connectivity index (χ2n) is 22.6. The first-order valence-corrected chi connectivity index (χ1v) is 24.5. The van der Waals surface area contributed by atoms with Crippen LogP contribution in [0.4, 0.5) is 0 Å². The molecule has 0 atom stereocenters. The molecule has 0 bridgehead atoms. The van der Waals surface area contributed by atoms with Gasteiger partial charge in [-0.3, -0.25) is 0 Å². The third-order valence-electron chi connectivity index (χ3n) is 13.3. The van der Waals surface area contributed by atoms with Crippen LogP contribution in [0.15, 0.2) is 206 Å². The molecule has 10 aromatic carbocycles. The highest BCUT2D eigenvalue weighted by molar-refractivity contribution is 6.08. The van der Waals surface area contributed by atoms with E-state index < -0.39 is 0 Å². The van der Waals surface area contributed by atoms with Crippen molar-refractivity contribution >= 4 is 43.1 Å². The van der Waals surface area contributed by atoms with Crippen LogP contribution in [0, 0.1) is 0 Å². The van der Waals surface area contributed by atoms with E-state index in [9.17, 15) is 0 Å². The van der Waals surface area contributed by atoms with Gasteiger partial charge in [0.05, 0.1) is 0 Å². The summed E-state index contributed by atoms with van der Waals surface area (Å²) in [6, 6.07) is 74.7. The Morgan fingerprint density at radius 3 is 0.956 bits per heavy atom. The summed E-state index contributed by atoms with van der Waals surface area (Å²) >= 11 is 0. The Morgan fingerprint density at radius 1 is 0.206 bits per heavy atom. The number of hydrogen-bond donors (Lipinski definition) is 0. The zero-order chi connectivity index (χ0) is 48.4. The first-order chi connectivity index (χ1) is 32.3. The van der Waals surface area contributed by atoms with Crippen molar-refractivity contribution in [2.24, 2.45) is 0 Å². The quantitative estimate of drug-likeness (QED) is 0.166. The summed E-state index contributed by atoms with van der Waals surface area (Å²) in [6.07, 6.45) is 0. The Morgan fingerprint density at radius 2 is 0.515 bits per heavy atom. The molecule has 0 unspecified atom stereocenters. The van der Waals surface area contributed by atoms with Gasteiger partial charge >= 0.3 is 0 Å². The summed E-state index contributed by atoms with van der Waals surface area (Å²) in [5.74, 6) is 0. The van der Waals surface area contributed by atoms with Gasteiger partial charge in [-0.1, -0.05) is 289 Å². The number of fused-ring (bicyclic) bond motifs is 4. The fraction of sp³-hybridized carbons (Fsp3) is 0.235. The standard InChI is InChI=1S/C28H30.2C20H20/c1-27(2,3)23-17-15-19-11-7-9-13-21(19)25(23)26-22-14-10-8-12-20(22)16-18-24(26)28(4,5)6;1-20(2,3)19-14-7-6-12-18(19)17-13-8-10-15-9-4-5-11-16(15)17;1-20(2,3)18-14-13-15-9-7-8-12-17(15)19(18)16-10-5-4-6-11-16/h7-18H,1-6H3;2*4-14H,1-3H3. The number of rotatable bonds is 3. The van der Waals surface area contributed by atoms with Crippen LogP contribution in [-0.2, 0) is 21.7 Å². The maximum atomic E-state index is 2.34. The maximum absolute atomic E-state index is 2.34. The molecule has 0 radical (unpaired) electrons. The van der Waals surface area contributed by atoms with Gasteiger partial charge in [0.2, 0.25) is 0 Å². The molecule has 0 heteroatoms. The van der Waals surface area contributed by atoms with Crippen LogP contribution in [0.2, 0.25) is 0 Å². The smallest absolute Gasteiger partial charge is 0.00587 e. The second kappa shape index (κ2) is 19.1. The minimum Gasteiger partial charge on any atom is -0.0622 e. The lowest BCUT2D eigenvalue weighted by Crippen LogP contribution is -2.17. The Kier molecular flexibility index (Phi) is 13.4. The summed E-state index contributed by atoms with van der Waals surface area (Å²) < 4.78 is 0. The van der Waals surface area contributed by atoms with Gasteiger partial charge in [-0.15, -0.1) is 0 Å². The fourth-order valence-corrected chi connectivity index (χ4v) is 9.98. The third kappa shape index (κ3) is 10.1. The summed E-state index contributed by atoms with van der Waals surface area (Å²) in [5.41, 5.74) is 14.2. The second-order valence-corrected chi connectivity index (χ2v) is 22.6. The molecule has 0 aromatic heterocycles. The van der Waals surface area contributed by atoms with Crippen molar-refractivity contribution in [2.75, 3.05) is 0 Å². The Hall–Kier alpha value is -6.76. The molecule has 10 rings (SSSR count). The Bertz CT molecular complexity index is 3250. The molecule has 342 valence electrons. The molecular formula is C68H70. The van der Waals surface area contributed by atoms with Gasteiger partial charge in [0.15, 0.2) is 0 Å². The van der Waals surface area contributed by atoms with Crippen molar-refractivity contribution in [2.45, 2.75) is 105 Å². The van der Waals surface area contributed by atoms with Crippen LogP contribution < -0.4 is 0 Å². The highest BCUT2D eigenvalue weighted by Gasteiger charge is 2.27. The average molecular weight is 887 g/mol. The molecule has 0 aliphatic heterocycles.